The molecule has 0 aromatic heterocycles. The molecule has 0 nitrogen and oxygen atoms in total. The Hall–Kier alpha value is -0.780. The molecule has 0 radical (unpaired) electrons. The fourth-order valence-corrected chi connectivity index (χ4v) is 2.35. The molecule has 70 valence electrons. The van der Waals surface area contributed by atoms with Crippen LogP contribution in [0.5, 0.6) is 0 Å². The first-order valence-electron chi connectivity index (χ1n) is 5.39. The third-order valence-corrected chi connectivity index (χ3v) is 3.05. The van der Waals surface area contributed by atoms with Gasteiger partial charge in [-0.3, -0.25) is 0 Å². The van der Waals surface area contributed by atoms with E-state index in [1.165, 1.54) is 25.7 Å². The van der Waals surface area contributed by atoms with Crippen LogP contribution in [0.2, 0.25) is 0 Å². The Balaban J connectivity index is 2.46. The van der Waals surface area contributed by atoms with Crippen molar-refractivity contribution >= 4 is 0 Å². The van der Waals surface area contributed by atoms with Gasteiger partial charge in [0.15, 0.2) is 0 Å². The summed E-state index contributed by atoms with van der Waals surface area (Å²) >= 11 is 0. The molecule has 0 saturated carbocycles. The van der Waals surface area contributed by atoms with Gasteiger partial charge in [0.25, 0.3) is 0 Å². The van der Waals surface area contributed by atoms with Gasteiger partial charge in [-0.2, -0.15) is 0 Å². The fourth-order valence-electron chi connectivity index (χ4n) is 2.35. The minimum atomic E-state index is 0.688. The molecule has 0 fully saturated rings. The molecule has 0 heteroatoms. The molecule has 13 heavy (non-hydrogen) atoms. The highest BCUT2D eigenvalue weighted by Crippen LogP contribution is 2.28. The molecule has 1 aliphatic carbocycles. The molecule has 0 atom stereocenters. The van der Waals surface area contributed by atoms with E-state index in [1.54, 1.807) is 16.7 Å². The van der Waals surface area contributed by atoms with Crippen molar-refractivity contribution in [3.8, 4) is 0 Å². The Morgan fingerprint density at radius 1 is 1.08 bits per heavy atom. The number of hydrogen-bond donors (Lipinski definition) is 0. The Bertz CT molecular complexity index is 297. The molecule has 0 unspecified atom stereocenters. The number of rotatable bonds is 1. The van der Waals surface area contributed by atoms with Gasteiger partial charge in [0.05, 0.1) is 0 Å². The molecule has 2 rings (SSSR count). The highest BCUT2D eigenvalue weighted by atomic mass is 14.2. The standard InChI is InChI=1S/C13H18/c1-10(2)12-9-5-7-11-6-3-4-8-13(11)12/h5,7,9-10H,3-4,6,8H2,1-2H3. The van der Waals surface area contributed by atoms with Crippen LogP contribution in [0.3, 0.4) is 0 Å². The highest BCUT2D eigenvalue weighted by molar-refractivity contribution is 5.38. The summed E-state index contributed by atoms with van der Waals surface area (Å²) in [7, 11) is 0. The average Bonchev–Trinajstić information content (AvgIpc) is 2.17. The van der Waals surface area contributed by atoms with Crippen molar-refractivity contribution in [3.63, 3.8) is 0 Å². The van der Waals surface area contributed by atoms with E-state index in [0.29, 0.717) is 5.92 Å². The van der Waals surface area contributed by atoms with Crippen LogP contribution in [0.4, 0.5) is 0 Å². The van der Waals surface area contributed by atoms with E-state index in [1.807, 2.05) is 0 Å². The molecule has 0 heterocycles. The van der Waals surface area contributed by atoms with Crippen molar-refractivity contribution in [3.05, 3.63) is 34.9 Å². The lowest BCUT2D eigenvalue weighted by Gasteiger charge is -2.21. The van der Waals surface area contributed by atoms with E-state index in [-0.39, 0.29) is 0 Å². The Morgan fingerprint density at radius 2 is 1.85 bits per heavy atom. The molecule has 0 N–H and O–H groups in total. The second-order valence-electron chi connectivity index (χ2n) is 4.35. The van der Waals surface area contributed by atoms with Crippen LogP contribution in [0.15, 0.2) is 18.2 Å². The van der Waals surface area contributed by atoms with Crippen molar-refractivity contribution in [2.75, 3.05) is 0 Å². The predicted octanol–water partition coefficient (Wildman–Crippen LogP) is 3.69. The van der Waals surface area contributed by atoms with Crippen LogP contribution in [0, 0.1) is 0 Å². The van der Waals surface area contributed by atoms with Crippen molar-refractivity contribution in [1.82, 2.24) is 0 Å². The largest absolute Gasteiger partial charge is 0.0617 e. The maximum Gasteiger partial charge on any atom is -0.0216 e. The second kappa shape index (κ2) is 3.53. The number of benzene rings is 1. The maximum atomic E-state index is 2.31. The van der Waals surface area contributed by atoms with Crippen LogP contribution >= 0.6 is 0 Å². The topological polar surface area (TPSA) is 0 Å². The first-order chi connectivity index (χ1) is 6.29. The minimum absolute atomic E-state index is 0.688. The van der Waals surface area contributed by atoms with E-state index in [2.05, 4.69) is 32.0 Å². The Kier molecular flexibility index (Phi) is 2.39. The van der Waals surface area contributed by atoms with E-state index in [9.17, 15) is 0 Å². The molecule has 1 aliphatic rings. The number of fused-ring (bicyclic) bond motifs is 1. The van der Waals surface area contributed by atoms with Gasteiger partial charge in [0, 0.05) is 0 Å². The van der Waals surface area contributed by atoms with Gasteiger partial charge < -0.3 is 0 Å². The lowest BCUT2D eigenvalue weighted by Crippen LogP contribution is -2.06. The number of hydrogen-bond acceptors (Lipinski definition) is 0. The molecule has 1 aromatic rings. The van der Waals surface area contributed by atoms with Crippen molar-refractivity contribution in [2.45, 2.75) is 45.4 Å². The normalized spacial score (nSPS) is 15.9. The quantitative estimate of drug-likeness (QED) is 0.609. The predicted molar refractivity (Wildman–Crippen MR) is 57.2 cm³/mol. The first kappa shape index (κ1) is 8.80. The van der Waals surface area contributed by atoms with Crippen LogP contribution in [0.25, 0.3) is 0 Å². The van der Waals surface area contributed by atoms with Gasteiger partial charge in [-0.25, -0.2) is 0 Å². The average molecular weight is 174 g/mol. The molecule has 0 saturated heterocycles. The molecular formula is C13H18. The van der Waals surface area contributed by atoms with E-state index >= 15 is 0 Å². The number of aryl methyl sites for hydroxylation is 1. The third-order valence-electron chi connectivity index (χ3n) is 3.05. The molecular weight excluding hydrogens is 156 g/mol. The zero-order chi connectivity index (χ0) is 9.26. The van der Waals surface area contributed by atoms with Gasteiger partial charge in [0.2, 0.25) is 0 Å². The van der Waals surface area contributed by atoms with Crippen LogP contribution in [0.1, 0.15) is 49.3 Å². The lowest BCUT2D eigenvalue weighted by molar-refractivity contribution is 0.670. The summed E-state index contributed by atoms with van der Waals surface area (Å²) in [5, 5.41) is 0. The molecule has 0 bridgehead atoms. The van der Waals surface area contributed by atoms with Gasteiger partial charge in [-0.1, -0.05) is 32.0 Å². The van der Waals surface area contributed by atoms with Crippen LogP contribution in [-0.4, -0.2) is 0 Å². The smallest absolute Gasteiger partial charge is 0.0216 e. The summed E-state index contributed by atoms with van der Waals surface area (Å²) in [6.07, 6.45) is 5.38. The molecule has 0 amide bonds. The Labute approximate surface area is 81.0 Å². The van der Waals surface area contributed by atoms with Gasteiger partial charge in [0.1, 0.15) is 0 Å². The highest BCUT2D eigenvalue weighted by Gasteiger charge is 2.13. The lowest BCUT2D eigenvalue weighted by atomic mass is 9.85. The summed E-state index contributed by atoms with van der Waals surface area (Å²) in [5.74, 6) is 0.688. The van der Waals surface area contributed by atoms with Crippen molar-refractivity contribution in [1.29, 1.82) is 0 Å². The third kappa shape index (κ3) is 1.63. The van der Waals surface area contributed by atoms with Gasteiger partial charge >= 0.3 is 0 Å². The van der Waals surface area contributed by atoms with E-state index in [4.69, 9.17) is 0 Å². The zero-order valence-corrected chi connectivity index (χ0v) is 8.64. The zero-order valence-electron chi connectivity index (χ0n) is 8.64. The summed E-state index contributed by atoms with van der Waals surface area (Å²) in [6, 6.07) is 6.83. The summed E-state index contributed by atoms with van der Waals surface area (Å²) in [6.45, 7) is 4.59. The maximum absolute atomic E-state index is 2.31. The first-order valence-corrected chi connectivity index (χ1v) is 5.39. The Morgan fingerprint density at radius 3 is 2.62 bits per heavy atom. The monoisotopic (exact) mass is 174 g/mol. The summed E-state index contributed by atoms with van der Waals surface area (Å²) in [4.78, 5) is 0. The molecule has 0 aliphatic heterocycles. The SMILES string of the molecule is CC(C)c1cccc2c1CCCC2. The van der Waals surface area contributed by atoms with E-state index in [0.717, 1.165) is 0 Å². The van der Waals surface area contributed by atoms with Crippen LogP contribution in [-0.2, 0) is 12.8 Å². The van der Waals surface area contributed by atoms with E-state index < -0.39 is 0 Å². The minimum Gasteiger partial charge on any atom is -0.0617 e. The van der Waals surface area contributed by atoms with Crippen molar-refractivity contribution in [2.24, 2.45) is 0 Å². The summed E-state index contributed by atoms with van der Waals surface area (Å²) < 4.78 is 0. The summed E-state index contributed by atoms with van der Waals surface area (Å²) in [5.41, 5.74) is 4.85. The van der Waals surface area contributed by atoms with Gasteiger partial charge in [-0.15, -0.1) is 0 Å². The molecule has 0 spiro atoms. The van der Waals surface area contributed by atoms with Gasteiger partial charge in [-0.05, 0) is 48.3 Å². The van der Waals surface area contributed by atoms with Crippen molar-refractivity contribution < 1.29 is 0 Å². The molecule has 1 aromatic carbocycles. The van der Waals surface area contributed by atoms with Crippen LogP contribution < -0.4 is 0 Å². The second-order valence-corrected chi connectivity index (χ2v) is 4.35. The fraction of sp³-hybridized carbons (Fsp3) is 0.538.